The second-order valence-electron chi connectivity index (χ2n) is 16.9. The van der Waals surface area contributed by atoms with Crippen LogP contribution in [-0.2, 0) is 46.1 Å². The van der Waals surface area contributed by atoms with E-state index in [4.69, 9.17) is 12.8 Å². The zero-order valence-corrected chi connectivity index (χ0v) is 41.7. The Balaban J connectivity index is 0.00000152. The van der Waals surface area contributed by atoms with Gasteiger partial charge in [0.15, 0.2) is 0 Å². The van der Waals surface area contributed by atoms with Gasteiger partial charge < -0.3 is 30.2 Å². The van der Waals surface area contributed by atoms with Gasteiger partial charge in [0.25, 0.3) is 0 Å². The van der Waals surface area contributed by atoms with Crippen molar-refractivity contribution < 1.29 is 25.1 Å². The van der Waals surface area contributed by atoms with Crippen molar-refractivity contribution in [1.82, 2.24) is 0 Å². The Morgan fingerprint density at radius 2 is 0.717 bits per heavy atom. The van der Waals surface area contributed by atoms with Gasteiger partial charge in [-0.3, -0.25) is 0 Å². The van der Waals surface area contributed by atoms with Crippen LogP contribution in [0.1, 0.15) is 249 Å². The summed E-state index contributed by atoms with van der Waals surface area (Å²) in [6.45, 7) is 18.0. The van der Waals surface area contributed by atoms with Crippen LogP contribution >= 0.6 is 0 Å². The quantitative estimate of drug-likeness (QED) is 0.0256. The fraction of sp³-hybridized carbons (Fsp3) is 0.649. The van der Waals surface area contributed by atoms with Crippen molar-refractivity contribution in [2.24, 2.45) is 0 Å². The minimum Gasteiger partial charge on any atom is -0.694 e. The van der Waals surface area contributed by atoms with E-state index in [9.17, 15) is 5.53 Å². The molecule has 2 aromatic rings. The van der Waals surface area contributed by atoms with Crippen LogP contribution in [0.5, 0.6) is 0 Å². The summed E-state index contributed by atoms with van der Waals surface area (Å²) in [6, 6.07) is 14.2. The van der Waals surface area contributed by atoms with Gasteiger partial charge in [0.1, 0.15) is 0 Å². The van der Waals surface area contributed by atoms with Crippen LogP contribution in [0.2, 0.25) is 0 Å². The van der Waals surface area contributed by atoms with Crippen LogP contribution in [0.3, 0.4) is 0 Å². The van der Waals surface area contributed by atoms with Gasteiger partial charge >= 0.3 is 20.4 Å². The Morgan fingerprint density at radius 3 is 1.08 bits per heavy atom. The molecule has 0 aliphatic carbocycles. The summed E-state index contributed by atoms with van der Waals surface area (Å²) in [4.78, 5) is 0. The maximum Gasteiger partial charge on any atom is 2.00 e. The average molecular weight is 908 g/mol. The summed E-state index contributed by atoms with van der Waals surface area (Å²) in [6.07, 6.45) is 47.5. The average Bonchev–Trinajstić information content (AvgIpc) is 3.54. The molecule has 3 rings (SSSR count). The maximum atomic E-state index is 12.2. The Bertz CT molecular complexity index is 1510. The van der Waals surface area contributed by atoms with Crippen LogP contribution in [0.15, 0.2) is 47.5 Å². The second-order valence-corrected chi connectivity index (χ2v) is 16.9. The third-order valence-electron chi connectivity index (χ3n) is 11.6. The molecule has 0 aromatic heterocycles. The van der Waals surface area contributed by atoms with Crippen molar-refractivity contribution in [3.05, 3.63) is 99.3 Å². The molecule has 2 nitrogen and oxygen atoms in total. The molecule has 0 amide bonds. The molecule has 336 valence electrons. The predicted molar refractivity (Wildman–Crippen MR) is 260 cm³/mol. The minimum atomic E-state index is 0. The Kier molecular flexibility index (Phi) is 36.3. The molecular weight excluding hydrogens is 819 g/mol. The van der Waals surface area contributed by atoms with Crippen molar-refractivity contribution in [3.8, 4) is 11.8 Å². The zero-order valence-electron chi connectivity index (χ0n) is 40.2. The summed E-state index contributed by atoms with van der Waals surface area (Å²) >= 11 is 0. The molecule has 0 saturated heterocycles. The Morgan fingerprint density at radius 1 is 0.400 bits per heavy atom. The predicted octanol–water partition coefficient (Wildman–Crippen LogP) is 18.1. The van der Waals surface area contributed by atoms with Crippen LogP contribution < -0.4 is 0 Å². The van der Waals surface area contributed by atoms with Gasteiger partial charge in [-0.15, -0.1) is 0 Å². The summed E-state index contributed by atoms with van der Waals surface area (Å²) in [5.74, 6) is 4.79. The van der Waals surface area contributed by atoms with Gasteiger partial charge in [0.2, 0.25) is 11.4 Å². The molecule has 0 unspecified atom stereocenters. The SMILES string of the molecule is CCCCCCCC1=C(c2cc(CCCC)cc(CCCC)c2)[N+](=[N-])C(c2cc(CC)cc(CC)c2)=C1CCCC.[C-]#CCCCCCCC.[C-]#CCCCCCCC.[Pd+2]. The Labute approximate surface area is 387 Å². The molecule has 0 fully saturated rings. The normalized spacial score (nSPS) is 12.0. The maximum absolute atomic E-state index is 12.2. The van der Waals surface area contributed by atoms with E-state index in [1.54, 1.807) is 4.70 Å². The van der Waals surface area contributed by atoms with Gasteiger partial charge in [0, 0.05) is 22.3 Å². The van der Waals surface area contributed by atoms with Crippen LogP contribution in [0.4, 0.5) is 0 Å². The standard InChI is InChI=1S/C39H58N2.2C9H15.Pd/c1-7-13-17-18-19-23-37-36(22-16-10-4)38(34-26-30(11-5)24-31(12-6)27-34)41(40)39(37)35-28-32(20-14-8-2)25-33(29-35)21-15-9-3;2*1-3-5-7-9-8-6-4-2;/h24-29H,7-23H2,1-6H3;2*3,5-9H2,1H3;/q;2*-1;+2. The first-order chi connectivity index (χ1) is 28.8. The number of rotatable bonds is 29. The largest absolute Gasteiger partial charge is 2.00 e. The summed E-state index contributed by atoms with van der Waals surface area (Å²) in [5.41, 5.74) is 25.0. The third-order valence-corrected chi connectivity index (χ3v) is 11.6. The second kappa shape index (κ2) is 38.0. The van der Waals surface area contributed by atoms with Crippen molar-refractivity contribution in [3.63, 3.8) is 0 Å². The summed E-state index contributed by atoms with van der Waals surface area (Å²) in [5, 5.41) is 0. The van der Waals surface area contributed by atoms with E-state index in [0.717, 1.165) is 88.4 Å². The van der Waals surface area contributed by atoms with E-state index in [1.807, 2.05) is 0 Å². The van der Waals surface area contributed by atoms with Crippen LogP contribution in [0, 0.1) is 24.7 Å². The zero-order chi connectivity index (χ0) is 43.5. The number of hydrogen-bond acceptors (Lipinski definition) is 0. The number of aryl methyl sites for hydroxylation is 4. The molecule has 1 aliphatic rings. The number of unbranched alkanes of at least 4 members (excludes halogenated alkanes) is 17. The van der Waals surface area contributed by atoms with Gasteiger partial charge in [-0.1, -0.05) is 164 Å². The smallest absolute Gasteiger partial charge is 0.694 e. The van der Waals surface area contributed by atoms with E-state index in [2.05, 4.69) is 104 Å². The molecule has 1 aliphatic heterocycles. The molecule has 0 saturated carbocycles. The van der Waals surface area contributed by atoms with E-state index >= 15 is 0 Å². The van der Waals surface area contributed by atoms with Crippen molar-refractivity contribution in [2.75, 3.05) is 0 Å². The van der Waals surface area contributed by atoms with E-state index in [0.29, 0.717) is 0 Å². The summed E-state index contributed by atoms with van der Waals surface area (Å²) < 4.78 is 1.61. The molecule has 2 aromatic carbocycles. The van der Waals surface area contributed by atoms with E-state index < -0.39 is 0 Å². The van der Waals surface area contributed by atoms with Gasteiger partial charge in [-0.05, 0) is 136 Å². The van der Waals surface area contributed by atoms with E-state index in [1.165, 1.54) is 154 Å². The van der Waals surface area contributed by atoms with Crippen molar-refractivity contribution in [2.45, 2.75) is 242 Å². The number of nitrogens with zero attached hydrogens (tertiary/aromatic N) is 2. The van der Waals surface area contributed by atoms with Crippen molar-refractivity contribution in [1.29, 1.82) is 0 Å². The topological polar surface area (TPSA) is 25.3 Å². The molecule has 0 radical (unpaired) electrons. The molecular formula is C57H88N2Pd. The summed E-state index contributed by atoms with van der Waals surface area (Å²) in [7, 11) is 0. The molecule has 3 heteroatoms. The molecule has 0 N–H and O–H groups in total. The molecule has 60 heavy (non-hydrogen) atoms. The number of allylic oxidation sites excluding steroid dienone is 2. The van der Waals surface area contributed by atoms with Crippen LogP contribution in [0.25, 0.3) is 16.9 Å². The van der Waals surface area contributed by atoms with Gasteiger partial charge in [-0.25, -0.2) is 4.70 Å². The van der Waals surface area contributed by atoms with E-state index in [-0.39, 0.29) is 20.4 Å². The minimum absolute atomic E-state index is 0. The first-order valence-electron chi connectivity index (χ1n) is 24.8. The fourth-order valence-corrected chi connectivity index (χ4v) is 7.94. The number of hydrogen-bond donors (Lipinski definition) is 0. The molecule has 0 atom stereocenters. The first-order valence-corrected chi connectivity index (χ1v) is 24.8. The fourth-order valence-electron chi connectivity index (χ4n) is 7.94. The van der Waals surface area contributed by atoms with Crippen LogP contribution in [-0.4, -0.2) is 4.70 Å². The van der Waals surface area contributed by atoms with Crippen molar-refractivity contribution >= 4 is 11.4 Å². The number of benzene rings is 2. The Hall–Kier alpha value is -2.70. The van der Waals surface area contributed by atoms with Gasteiger partial charge in [0.05, 0.1) is 0 Å². The molecule has 0 bridgehead atoms. The van der Waals surface area contributed by atoms with Gasteiger partial charge in [-0.2, -0.15) is 0 Å². The molecule has 1 heterocycles. The molecule has 0 spiro atoms. The third kappa shape index (κ3) is 22.9. The monoisotopic (exact) mass is 907 g/mol. The first kappa shape index (κ1) is 57.3.